The lowest BCUT2D eigenvalue weighted by Crippen LogP contribution is -2.29. The summed E-state index contributed by atoms with van der Waals surface area (Å²) >= 11 is 2.68. The highest BCUT2D eigenvalue weighted by Crippen LogP contribution is 2.44. The van der Waals surface area contributed by atoms with Crippen molar-refractivity contribution in [3.63, 3.8) is 0 Å². The van der Waals surface area contributed by atoms with E-state index in [-0.39, 0.29) is 22.0 Å². The second-order valence-corrected chi connectivity index (χ2v) is 11.6. The molecule has 10 heteroatoms. The summed E-state index contributed by atoms with van der Waals surface area (Å²) in [7, 11) is 0. The topological polar surface area (TPSA) is 92.6 Å². The monoisotopic (exact) mass is 589 g/mol. The number of thioether (sulfide) groups is 1. The van der Waals surface area contributed by atoms with Crippen LogP contribution in [-0.2, 0) is 15.3 Å². The molecule has 1 fully saturated rings. The average Bonchev–Trinajstić information content (AvgIpc) is 3.57. The molecule has 1 amide bonds. The summed E-state index contributed by atoms with van der Waals surface area (Å²) in [6.07, 6.45) is 3.11. The van der Waals surface area contributed by atoms with Crippen LogP contribution in [0.3, 0.4) is 0 Å². The van der Waals surface area contributed by atoms with Crippen LogP contribution in [0.1, 0.15) is 48.9 Å². The molecule has 0 aliphatic carbocycles. The lowest BCUT2D eigenvalue weighted by molar-refractivity contribution is -0.132. The zero-order valence-electron chi connectivity index (χ0n) is 22.3. The van der Waals surface area contributed by atoms with Crippen LogP contribution in [0, 0.1) is 5.82 Å². The molecule has 4 aromatic rings. The van der Waals surface area contributed by atoms with E-state index in [2.05, 4.69) is 17.1 Å². The molecule has 0 saturated carbocycles. The van der Waals surface area contributed by atoms with Crippen LogP contribution in [0.2, 0.25) is 0 Å². The van der Waals surface area contributed by atoms with E-state index >= 15 is 0 Å². The molecule has 41 heavy (non-hydrogen) atoms. The van der Waals surface area contributed by atoms with Crippen molar-refractivity contribution in [3.8, 4) is 5.75 Å². The average molecular weight is 590 g/mol. The predicted octanol–water partition coefficient (Wildman–Crippen LogP) is 7.16. The first-order valence-electron chi connectivity index (χ1n) is 13.3. The zero-order chi connectivity index (χ0) is 28.8. The Morgan fingerprint density at radius 3 is 2.44 bits per heavy atom. The quantitative estimate of drug-likeness (QED) is 0.0495. The van der Waals surface area contributed by atoms with Gasteiger partial charge in [-0.3, -0.25) is 14.5 Å². The lowest BCUT2D eigenvalue weighted by atomic mass is 9.95. The van der Waals surface area contributed by atoms with Crippen LogP contribution in [0.15, 0.2) is 88.8 Å². The van der Waals surface area contributed by atoms with Gasteiger partial charge >= 0.3 is 5.91 Å². The van der Waals surface area contributed by atoms with Crippen LogP contribution < -0.4 is 9.64 Å². The van der Waals surface area contributed by atoms with E-state index in [1.54, 1.807) is 24.3 Å². The van der Waals surface area contributed by atoms with Crippen LogP contribution in [0.25, 0.3) is 5.76 Å². The highest BCUT2D eigenvalue weighted by molar-refractivity contribution is 8.00. The number of ketones is 1. The second-order valence-electron chi connectivity index (χ2n) is 9.43. The number of nitrogens with zero attached hydrogens (tertiary/aromatic N) is 3. The number of halogens is 1. The second kappa shape index (κ2) is 13.1. The van der Waals surface area contributed by atoms with Crippen molar-refractivity contribution in [3.05, 3.63) is 107 Å². The summed E-state index contributed by atoms with van der Waals surface area (Å²) in [6.45, 7) is 2.71. The number of unbranched alkanes of at least 4 members (excludes halogenated alkanes) is 2. The minimum atomic E-state index is -0.964. The first kappa shape index (κ1) is 28.5. The molecule has 1 N–H and O–H groups in total. The van der Waals surface area contributed by atoms with Crippen LogP contribution >= 0.6 is 23.1 Å². The number of rotatable bonds is 11. The minimum Gasteiger partial charge on any atom is -0.507 e. The van der Waals surface area contributed by atoms with Gasteiger partial charge in [0.1, 0.15) is 17.3 Å². The molecule has 1 aromatic heterocycles. The van der Waals surface area contributed by atoms with Crippen molar-refractivity contribution in [1.29, 1.82) is 0 Å². The Kier molecular flexibility index (Phi) is 9.11. The number of hydrogen-bond donors (Lipinski definition) is 1. The van der Waals surface area contributed by atoms with Gasteiger partial charge in [0.05, 0.1) is 18.2 Å². The first-order valence-corrected chi connectivity index (χ1v) is 15.1. The maximum absolute atomic E-state index is 13.6. The van der Waals surface area contributed by atoms with Gasteiger partial charge in [-0.2, -0.15) is 0 Å². The number of aromatic nitrogens is 2. The van der Waals surface area contributed by atoms with Crippen LogP contribution in [-0.4, -0.2) is 33.6 Å². The van der Waals surface area contributed by atoms with Gasteiger partial charge in [-0.15, -0.1) is 10.2 Å². The van der Waals surface area contributed by atoms with Crippen molar-refractivity contribution >= 4 is 45.7 Å². The van der Waals surface area contributed by atoms with Gasteiger partial charge in [-0.25, -0.2) is 4.39 Å². The smallest absolute Gasteiger partial charge is 0.301 e. The Morgan fingerprint density at radius 2 is 1.73 bits per heavy atom. The predicted molar refractivity (Wildman–Crippen MR) is 159 cm³/mol. The molecular weight excluding hydrogens is 561 g/mol. The third kappa shape index (κ3) is 6.49. The van der Waals surface area contributed by atoms with Gasteiger partial charge in [-0.05, 0) is 53.9 Å². The molecule has 0 radical (unpaired) electrons. The molecule has 1 aliphatic heterocycles. The van der Waals surface area contributed by atoms with E-state index in [9.17, 15) is 19.1 Å². The number of benzene rings is 3. The Bertz CT molecular complexity index is 1540. The number of carbonyl (C=O) groups is 2. The SMILES string of the molecule is CCCCCOc1ccc(C2/C(=C(/O)c3ccc(F)cc3)C(=O)C(=O)N2c2nnc(SCc3ccccc3)s2)cc1. The molecule has 5 rings (SSSR count). The molecule has 0 bridgehead atoms. The Labute approximate surface area is 245 Å². The largest absolute Gasteiger partial charge is 0.507 e. The summed E-state index contributed by atoms with van der Waals surface area (Å²) in [5.41, 5.74) is 1.82. The number of aliphatic hydroxyl groups excluding tert-OH is 1. The molecule has 3 aromatic carbocycles. The lowest BCUT2D eigenvalue weighted by Gasteiger charge is -2.22. The third-order valence-electron chi connectivity index (χ3n) is 6.58. The molecule has 0 spiro atoms. The maximum atomic E-state index is 13.6. The molecule has 1 aliphatic rings. The molecule has 2 heterocycles. The van der Waals surface area contributed by atoms with Gasteiger partial charge in [0.15, 0.2) is 4.34 Å². The number of aliphatic hydroxyl groups is 1. The van der Waals surface area contributed by atoms with Gasteiger partial charge in [0.2, 0.25) is 5.13 Å². The van der Waals surface area contributed by atoms with E-state index in [4.69, 9.17) is 4.74 Å². The summed E-state index contributed by atoms with van der Waals surface area (Å²) in [5.74, 6) is -1.22. The van der Waals surface area contributed by atoms with Gasteiger partial charge in [-0.1, -0.05) is 85.3 Å². The number of ether oxygens (including phenoxy) is 1. The standard InChI is InChI=1S/C31H28FN3O4S2/c1-2-3-7-18-39-24-16-12-21(13-17-24)26-25(27(36)22-10-14-23(32)15-11-22)28(37)29(38)35(26)30-33-34-31(41-30)40-19-20-8-5-4-6-9-20/h4-6,8-17,26,36H,2-3,7,18-19H2,1H3/b27-25-. The maximum Gasteiger partial charge on any atom is 0.301 e. The fourth-order valence-corrected chi connectivity index (χ4v) is 6.30. The van der Waals surface area contributed by atoms with E-state index in [0.29, 0.717) is 28.0 Å². The van der Waals surface area contributed by atoms with Gasteiger partial charge in [0.25, 0.3) is 5.78 Å². The molecule has 7 nitrogen and oxygen atoms in total. The zero-order valence-corrected chi connectivity index (χ0v) is 24.0. The highest BCUT2D eigenvalue weighted by atomic mass is 32.2. The van der Waals surface area contributed by atoms with Crippen LogP contribution in [0.4, 0.5) is 9.52 Å². The van der Waals surface area contributed by atoms with Crippen molar-refractivity contribution < 1.29 is 23.8 Å². The van der Waals surface area contributed by atoms with Gasteiger partial charge < -0.3 is 9.84 Å². The van der Waals surface area contributed by atoms with E-state index in [1.807, 2.05) is 30.3 Å². The normalized spacial score (nSPS) is 16.3. The number of Topliss-reactive ketones (excluding diaryl/α,β-unsaturated/α-hetero) is 1. The third-order valence-corrected chi connectivity index (χ3v) is 8.71. The number of anilines is 1. The van der Waals surface area contributed by atoms with Crippen molar-refractivity contribution in [1.82, 2.24) is 10.2 Å². The van der Waals surface area contributed by atoms with E-state index in [0.717, 1.165) is 24.8 Å². The molecule has 1 saturated heterocycles. The fraction of sp³-hybridized carbons (Fsp3) is 0.226. The Balaban J connectivity index is 1.49. The summed E-state index contributed by atoms with van der Waals surface area (Å²) in [5, 5.41) is 20.0. The Morgan fingerprint density at radius 1 is 1.00 bits per heavy atom. The number of hydrogen-bond acceptors (Lipinski definition) is 8. The van der Waals surface area contributed by atoms with Crippen LogP contribution in [0.5, 0.6) is 5.75 Å². The summed E-state index contributed by atoms with van der Waals surface area (Å²) in [4.78, 5) is 28.1. The summed E-state index contributed by atoms with van der Waals surface area (Å²) < 4.78 is 20.1. The van der Waals surface area contributed by atoms with Crippen molar-refractivity contribution in [2.45, 2.75) is 42.3 Å². The molecule has 1 unspecified atom stereocenters. The van der Waals surface area contributed by atoms with Crippen molar-refractivity contribution in [2.24, 2.45) is 0 Å². The molecule has 210 valence electrons. The molecule has 1 atom stereocenters. The minimum absolute atomic E-state index is 0.105. The molecular formula is C31H28FN3O4S2. The number of carbonyl (C=O) groups excluding carboxylic acids is 2. The van der Waals surface area contributed by atoms with E-state index in [1.165, 1.54) is 52.3 Å². The Hall–Kier alpha value is -4.02. The number of amides is 1. The summed E-state index contributed by atoms with van der Waals surface area (Å²) in [6, 6.07) is 21.1. The van der Waals surface area contributed by atoms with Gasteiger partial charge in [0, 0.05) is 11.3 Å². The fourth-order valence-electron chi connectivity index (χ4n) is 4.47. The highest BCUT2D eigenvalue weighted by Gasteiger charge is 2.48. The van der Waals surface area contributed by atoms with E-state index < -0.39 is 23.5 Å². The van der Waals surface area contributed by atoms with Crippen molar-refractivity contribution in [2.75, 3.05) is 11.5 Å². The first-order chi connectivity index (χ1) is 20.0.